The first-order valence-electron chi connectivity index (χ1n) is 6.24. The molecule has 0 spiro atoms. The molecule has 0 bridgehead atoms. The highest BCUT2D eigenvalue weighted by Crippen LogP contribution is 2.37. The number of ketones is 1. The highest BCUT2D eigenvalue weighted by molar-refractivity contribution is 6.06. The predicted octanol–water partition coefficient (Wildman–Crippen LogP) is 1.27. The van der Waals surface area contributed by atoms with Gasteiger partial charge < -0.3 is 10.6 Å². The summed E-state index contributed by atoms with van der Waals surface area (Å²) < 4.78 is 0. The quantitative estimate of drug-likeness (QED) is 0.797. The van der Waals surface area contributed by atoms with Crippen molar-refractivity contribution in [3.63, 3.8) is 0 Å². The molecule has 0 aromatic heterocycles. The minimum absolute atomic E-state index is 0.0323. The monoisotopic (exact) mass is 244 g/mol. The van der Waals surface area contributed by atoms with Gasteiger partial charge in [-0.1, -0.05) is 0 Å². The zero-order valence-electron chi connectivity index (χ0n) is 10.4. The molecule has 1 fully saturated rings. The van der Waals surface area contributed by atoms with Crippen molar-refractivity contribution in [1.29, 1.82) is 0 Å². The summed E-state index contributed by atoms with van der Waals surface area (Å²) in [6.45, 7) is 0. The molecule has 4 heteroatoms. The molecule has 1 heterocycles. The Labute approximate surface area is 106 Å². The van der Waals surface area contributed by atoms with Gasteiger partial charge in [-0.05, 0) is 43.0 Å². The molecule has 1 aliphatic carbocycles. The maximum absolute atomic E-state index is 12.2. The van der Waals surface area contributed by atoms with Crippen LogP contribution in [0.2, 0.25) is 0 Å². The minimum atomic E-state index is -0.620. The van der Waals surface area contributed by atoms with E-state index in [4.69, 9.17) is 5.73 Å². The lowest BCUT2D eigenvalue weighted by Crippen LogP contribution is -2.34. The van der Waals surface area contributed by atoms with Crippen molar-refractivity contribution >= 4 is 17.4 Å². The van der Waals surface area contributed by atoms with Crippen molar-refractivity contribution in [3.8, 4) is 0 Å². The van der Waals surface area contributed by atoms with E-state index in [1.807, 2.05) is 12.1 Å². The molecule has 0 radical (unpaired) electrons. The van der Waals surface area contributed by atoms with Crippen molar-refractivity contribution in [1.82, 2.24) is 0 Å². The number of rotatable bonds is 2. The summed E-state index contributed by atoms with van der Waals surface area (Å²) in [6.07, 6.45) is 2.77. The smallest absolute Gasteiger partial charge is 0.227 e. The third-order valence-corrected chi connectivity index (χ3v) is 3.93. The van der Waals surface area contributed by atoms with Crippen molar-refractivity contribution < 1.29 is 9.59 Å². The fourth-order valence-electron chi connectivity index (χ4n) is 2.45. The lowest BCUT2D eigenvalue weighted by Gasteiger charge is -2.26. The number of anilines is 1. The number of hydrogen-bond acceptors (Lipinski definition) is 3. The molecule has 0 unspecified atom stereocenters. The summed E-state index contributed by atoms with van der Waals surface area (Å²) in [4.78, 5) is 25.4. The number of benzene rings is 1. The maximum Gasteiger partial charge on any atom is 0.227 e. The third-order valence-electron chi connectivity index (χ3n) is 3.93. The molecule has 1 saturated carbocycles. The fraction of sp³-hybridized carbons (Fsp3) is 0.429. The lowest BCUT2D eigenvalue weighted by atomic mass is 9.95. The van der Waals surface area contributed by atoms with Crippen LogP contribution in [-0.4, -0.2) is 24.3 Å². The van der Waals surface area contributed by atoms with Crippen LogP contribution in [-0.2, 0) is 11.2 Å². The summed E-state index contributed by atoms with van der Waals surface area (Å²) in [5.74, 6) is 0.156. The van der Waals surface area contributed by atoms with Crippen molar-refractivity contribution in [2.75, 3.05) is 11.9 Å². The molecule has 0 atom stereocenters. The van der Waals surface area contributed by atoms with Crippen LogP contribution in [0.4, 0.5) is 5.69 Å². The van der Waals surface area contributed by atoms with Gasteiger partial charge in [0.15, 0.2) is 5.78 Å². The van der Waals surface area contributed by atoms with Crippen LogP contribution in [0.25, 0.3) is 0 Å². The fourth-order valence-corrected chi connectivity index (χ4v) is 2.45. The Morgan fingerprint density at radius 2 is 2.06 bits per heavy atom. The van der Waals surface area contributed by atoms with Crippen LogP contribution >= 0.6 is 0 Å². The Morgan fingerprint density at radius 1 is 1.33 bits per heavy atom. The highest BCUT2D eigenvalue weighted by atomic mass is 16.2. The summed E-state index contributed by atoms with van der Waals surface area (Å²) in [5, 5.41) is 0. The molecular formula is C14H16N2O2. The van der Waals surface area contributed by atoms with Crippen LogP contribution in [0.1, 0.15) is 35.2 Å². The van der Waals surface area contributed by atoms with Gasteiger partial charge in [0.25, 0.3) is 0 Å². The SMILES string of the molecule is CN1C(=O)CCc2cc(C(=O)C3(N)CC3)ccc21. The Kier molecular flexibility index (Phi) is 2.32. The third kappa shape index (κ3) is 1.64. The molecule has 2 N–H and O–H groups in total. The highest BCUT2D eigenvalue weighted by Gasteiger charge is 2.46. The normalized spacial score (nSPS) is 20.6. The van der Waals surface area contributed by atoms with Gasteiger partial charge in [-0.25, -0.2) is 0 Å². The number of Topliss-reactive ketones (excluding diaryl/α,β-unsaturated/α-hetero) is 1. The average Bonchev–Trinajstić information content (AvgIpc) is 3.12. The van der Waals surface area contributed by atoms with Gasteiger partial charge in [0.1, 0.15) is 0 Å². The van der Waals surface area contributed by atoms with E-state index in [1.54, 1.807) is 18.0 Å². The first-order chi connectivity index (χ1) is 8.51. The van der Waals surface area contributed by atoms with Crippen LogP contribution in [0.5, 0.6) is 0 Å². The Morgan fingerprint density at radius 3 is 2.72 bits per heavy atom. The predicted molar refractivity (Wildman–Crippen MR) is 68.7 cm³/mol. The lowest BCUT2D eigenvalue weighted by molar-refractivity contribution is -0.118. The van der Waals surface area contributed by atoms with E-state index in [0.717, 1.165) is 24.1 Å². The maximum atomic E-state index is 12.2. The summed E-state index contributed by atoms with van der Waals surface area (Å²) >= 11 is 0. The van der Waals surface area contributed by atoms with Crippen LogP contribution in [0.15, 0.2) is 18.2 Å². The second-order valence-electron chi connectivity index (χ2n) is 5.28. The molecule has 0 saturated heterocycles. The number of amides is 1. The molecule has 2 aliphatic rings. The molecule has 1 aromatic rings. The van der Waals surface area contributed by atoms with Gasteiger partial charge in [0.2, 0.25) is 5.91 Å². The molecule has 94 valence electrons. The van der Waals surface area contributed by atoms with E-state index < -0.39 is 5.54 Å². The summed E-state index contributed by atoms with van der Waals surface area (Å²) in [5.41, 5.74) is 7.96. The van der Waals surface area contributed by atoms with Gasteiger partial charge in [-0.3, -0.25) is 9.59 Å². The zero-order valence-corrected chi connectivity index (χ0v) is 10.4. The van der Waals surface area contributed by atoms with E-state index in [1.165, 1.54) is 0 Å². The van der Waals surface area contributed by atoms with E-state index in [0.29, 0.717) is 18.4 Å². The summed E-state index contributed by atoms with van der Waals surface area (Å²) in [6, 6.07) is 5.53. The molecular weight excluding hydrogens is 228 g/mol. The second-order valence-corrected chi connectivity index (χ2v) is 5.28. The minimum Gasteiger partial charge on any atom is -0.319 e. The van der Waals surface area contributed by atoms with Crippen LogP contribution in [0, 0.1) is 0 Å². The number of carbonyl (C=O) groups is 2. The topological polar surface area (TPSA) is 63.4 Å². The molecule has 1 aliphatic heterocycles. The molecule has 4 nitrogen and oxygen atoms in total. The van der Waals surface area contributed by atoms with Crippen molar-refractivity contribution in [2.45, 2.75) is 31.2 Å². The molecule has 1 aromatic carbocycles. The average molecular weight is 244 g/mol. The Balaban J connectivity index is 1.97. The first kappa shape index (κ1) is 11.4. The van der Waals surface area contributed by atoms with Gasteiger partial charge in [0.05, 0.1) is 5.54 Å². The van der Waals surface area contributed by atoms with E-state index in [9.17, 15) is 9.59 Å². The molecule has 1 amide bonds. The first-order valence-corrected chi connectivity index (χ1v) is 6.24. The zero-order chi connectivity index (χ0) is 12.9. The Bertz CT molecular complexity index is 547. The van der Waals surface area contributed by atoms with Gasteiger partial charge in [-0.2, -0.15) is 0 Å². The van der Waals surface area contributed by atoms with Crippen LogP contribution < -0.4 is 10.6 Å². The molecule has 18 heavy (non-hydrogen) atoms. The number of nitrogens with two attached hydrogens (primary N) is 1. The molecule has 3 rings (SSSR count). The largest absolute Gasteiger partial charge is 0.319 e. The number of nitrogens with zero attached hydrogens (tertiary/aromatic N) is 1. The summed E-state index contributed by atoms with van der Waals surface area (Å²) in [7, 11) is 1.77. The van der Waals surface area contributed by atoms with E-state index in [2.05, 4.69) is 0 Å². The van der Waals surface area contributed by atoms with E-state index in [-0.39, 0.29) is 11.7 Å². The number of fused-ring (bicyclic) bond motifs is 1. The number of hydrogen-bond donors (Lipinski definition) is 1. The number of aryl methyl sites for hydroxylation is 1. The standard InChI is InChI=1S/C14H16N2O2/c1-16-11-4-2-10(13(18)14(15)6-7-14)8-9(11)3-5-12(16)17/h2,4,8H,3,5-7,15H2,1H3. The van der Waals surface area contributed by atoms with Gasteiger partial charge >= 0.3 is 0 Å². The van der Waals surface area contributed by atoms with Crippen molar-refractivity contribution in [3.05, 3.63) is 29.3 Å². The number of carbonyl (C=O) groups excluding carboxylic acids is 2. The van der Waals surface area contributed by atoms with Crippen LogP contribution in [0.3, 0.4) is 0 Å². The van der Waals surface area contributed by atoms with E-state index >= 15 is 0 Å². The van der Waals surface area contributed by atoms with Crippen molar-refractivity contribution in [2.24, 2.45) is 5.73 Å². The Hall–Kier alpha value is -1.68. The van der Waals surface area contributed by atoms with Gasteiger partial charge in [-0.15, -0.1) is 0 Å². The second kappa shape index (κ2) is 3.65. The van der Waals surface area contributed by atoms with Gasteiger partial charge in [0, 0.05) is 24.7 Å².